The molecule has 0 radical (unpaired) electrons. The molecule has 1 atom stereocenters. The quantitative estimate of drug-likeness (QED) is 0.673. The zero-order chi connectivity index (χ0) is 11.5. The zero-order valence-electron chi connectivity index (χ0n) is 8.95. The van der Waals surface area contributed by atoms with Crippen molar-refractivity contribution >= 4 is 11.6 Å². The molecule has 0 saturated heterocycles. The van der Waals surface area contributed by atoms with Crippen molar-refractivity contribution < 1.29 is 4.39 Å². The van der Waals surface area contributed by atoms with Gasteiger partial charge in [-0.15, -0.1) is 11.6 Å². The van der Waals surface area contributed by atoms with Crippen LogP contribution in [0.4, 0.5) is 4.39 Å². The van der Waals surface area contributed by atoms with Gasteiger partial charge >= 0.3 is 0 Å². The first-order valence-corrected chi connectivity index (χ1v) is 5.56. The van der Waals surface area contributed by atoms with Gasteiger partial charge < -0.3 is 0 Å². The molecule has 0 aliphatic heterocycles. The van der Waals surface area contributed by atoms with Crippen molar-refractivity contribution in [1.29, 1.82) is 0 Å². The minimum atomic E-state index is -0.239. The van der Waals surface area contributed by atoms with Crippen molar-refractivity contribution in [2.75, 3.05) is 0 Å². The molecular formula is C14H12ClF. The van der Waals surface area contributed by atoms with Crippen LogP contribution < -0.4 is 0 Å². The normalized spacial score (nSPS) is 12.4. The van der Waals surface area contributed by atoms with Crippen molar-refractivity contribution in [2.45, 2.75) is 12.3 Å². The highest BCUT2D eigenvalue weighted by Crippen LogP contribution is 2.28. The fraction of sp³-hybridized carbons (Fsp3) is 0.143. The van der Waals surface area contributed by atoms with Gasteiger partial charge in [-0.2, -0.15) is 0 Å². The molecule has 2 aromatic carbocycles. The van der Waals surface area contributed by atoms with Crippen LogP contribution in [0.1, 0.15) is 22.1 Å². The number of halogens is 2. The number of hydrogen-bond donors (Lipinski definition) is 0. The van der Waals surface area contributed by atoms with E-state index in [1.165, 1.54) is 17.7 Å². The van der Waals surface area contributed by atoms with Crippen molar-refractivity contribution in [3.8, 4) is 0 Å². The molecule has 0 nitrogen and oxygen atoms in total. The van der Waals surface area contributed by atoms with E-state index in [-0.39, 0.29) is 11.2 Å². The Labute approximate surface area is 99.7 Å². The third-order valence-corrected chi connectivity index (χ3v) is 3.04. The van der Waals surface area contributed by atoms with E-state index in [1.807, 2.05) is 31.2 Å². The van der Waals surface area contributed by atoms with Crippen LogP contribution in [-0.2, 0) is 0 Å². The van der Waals surface area contributed by atoms with Gasteiger partial charge in [0.05, 0.1) is 5.38 Å². The first-order chi connectivity index (χ1) is 7.66. The molecular weight excluding hydrogens is 223 g/mol. The lowest BCUT2D eigenvalue weighted by Gasteiger charge is -2.10. The van der Waals surface area contributed by atoms with Crippen LogP contribution in [0.15, 0.2) is 48.5 Å². The monoisotopic (exact) mass is 234 g/mol. The lowest BCUT2D eigenvalue weighted by molar-refractivity contribution is 0.627. The molecule has 0 aliphatic carbocycles. The Morgan fingerprint density at radius 3 is 1.81 bits per heavy atom. The van der Waals surface area contributed by atoms with Crippen LogP contribution in [-0.4, -0.2) is 0 Å². The molecule has 0 N–H and O–H groups in total. The van der Waals surface area contributed by atoms with E-state index in [1.54, 1.807) is 12.1 Å². The van der Waals surface area contributed by atoms with Crippen molar-refractivity contribution in [3.63, 3.8) is 0 Å². The largest absolute Gasteiger partial charge is 0.207 e. The van der Waals surface area contributed by atoms with E-state index in [9.17, 15) is 4.39 Å². The zero-order valence-corrected chi connectivity index (χ0v) is 9.71. The maximum atomic E-state index is 12.8. The number of rotatable bonds is 2. The molecule has 2 heteroatoms. The summed E-state index contributed by atoms with van der Waals surface area (Å²) < 4.78 is 12.8. The standard InChI is InChI=1S/C14H12ClF/c1-10-2-4-11(5-3-10)14(15)12-6-8-13(16)9-7-12/h2-9,14H,1H3. The van der Waals surface area contributed by atoms with Crippen molar-refractivity contribution in [1.82, 2.24) is 0 Å². The van der Waals surface area contributed by atoms with Crippen LogP contribution in [0.2, 0.25) is 0 Å². The molecule has 0 spiro atoms. The molecule has 0 amide bonds. The third kappa shape index (κ3) is 2.42. The fourth-order valence-electron chi connectivity index (χ4n) is 1.56. The minimum Gasteiger partial charge on any atom is -0.207 e. The topological polar surface area (TPSA) is 0 Å². The van der Waals surface area contributed by atoms with Crippen LogP contribution in [0.25, 0.3) is 0 Å². The number of aryl methyl sites for hydroxylation is 1. The molecule has 0 aliphatic rings. The first-order valence-electron chi connectivity index (χ1n) is 5.13. The summed E-state index contributed by atoms with van der Waals surface area (Å²) in [5.74, 6) is -0.239. The second-order valence-electron chi connectivity index (χ2n) is 3.82. The third-order valence-electron chi connectivity index (χ3n) is 2.53. The fourth-order valence-corrected chi connectivity index (χ4v) is 1.85. The van der Waals surface area contributed by atoms with E-state index in [0.29, 0.717) is 0 Å². The summed E-state index contributed by atoms with van der Waals surface area (Å²) in [5.41, 5.74) is 3.14. The molecule has 0 fully saturated rings. The predicted molar refractivity (Wildman–Crippen MR) is 65.3 cm³/mol. The molecule has 0 aromatic heterocycles. The van der Waals surface area contributed by atoms with Gasteiger partial charge in [-0.05, 0) is 30.2 Å². The highest BCUT2D eigenvalue weighted by Gasteiger charge is 2.09. The lowest BCUT2D eigenvalue weighted by atomic mass is 10.0. The second-order valence-corrected chi connectivity index (χ2v) is 4.26. The molecule has 2 aromatic rings. The summed E-state index contributed by atoms with van der Waals surface area (Å²) in [6.45, 7) is 2.03. The summed E-state index contributed by atoms with van der Waals surface area (Å²) in [6.07, 6.45) is 0. The molecule has 1 unspecified atom stereocenters. The average Bonchev–Trinajstić information content (AvgIpc) is 2.30. The summed E-state index contributed by atoms with van der Waals surface area (Å²) in [7, 11) is 0. The van der Waals surface area contributed by atoms with Crippen LogP contribution in [0.5, 0.6) is 0 Å². The molecule has 82 valence electrons. The maximum Gasteiger partial charge on any atom is 0.123 e. The van der Waals surface area contributed by atoms with Crippen LogP contribution in [0, 0.1) is 12.7 Å². The van der Waals surface area contributed by atoms with Gasteiger partial charge in [0.25, 0.3) is 0 Å². The maximum absolute atomic E-state index is 12.8. The highest BCUT2D eigenvalue weighted by atomic mass is 35.5. The van der Waals surface area contributed by atoms with Gasteiger partial charge in [0, 0.05) is 0 Å². The van der Waals surface area contributed by atoms with Crippen LogP contribution in [0.3, 0.4) is 0 Å². The highest BCUT2D eigenvalue weighted by molar-refractivity contribution is 6.22. The van der Waals surface area contributed by atoms with E-state index in [0.717, 1.165) is 11.1 Å². The molecule has 0 heterocycles. The Kier molecular flexibility index (Phi) is 3.25. The lowest BCUT2D eigenvalue weighted by Crippen LogP contribution is -1.93. The van der Waals surface area contributed by atoms with Crippen molar-refractivity contribution in [3.05, 3.63) is 71.0 Å². The number of hydrogen-bond acceptors (Lipinski definition) is 0. The Bertz CT molecular complexity index is 414. The Balaban J connectivity index is 2.28. The van der Waals surface area contributed by atoms with Gasteiger partial charge in [-0.3, -0.25) is 0 Å². The van der Waals surface area contributed by atoms with E-state index >= 15 is 0 Å². The Morgan fingerprint density at radius 1 is 0.875 bits per heavy atom. The smallest absolute Gasteiger partial charge is 0.123 e. The molecule has 2 rings (SSSR count). The molecule has 0 bridgehead atoms. The first kappa shape index (κ1) is 11.2. The predicted octanol–water partition coefficient (Wildman–Crippen LogP) is 4.46. The molecule has 16 heavy (non-hydrogen) atoms. The average molecular weight is 235 g/mol. The second kappa shape index (κ2) is 4.67. The van der Waals surface area contributed by atoms with Crippen molar-refractivity contribution in [2.24, 2.45) is 0 Å². The van der Waals surface area contributed by atoms with E-state index < -0.39 is 0 Å². The van der Waals surface area contributed by atoms with Gasteiger partial charge in [-0.1, -0.05) is 42.0 Å². The van der Waals surface area contributed by atoms with E-state index in [4.69, 9.17) is 11.6 Å². The van der Waals surface area contributed by atoms with E-state index in [2.05, 4.69) is 0 Å². The van der Waals surface area contributed by atoms with Gasteiger partial charge in [-0.25, -0.2) is 4.39 Å². The SMILES string of the molecule is Cc1ccc(C(Cl)c2ccc(F)cc2)cc1. The summed E-state index contributed by atoms with van der Waals surface area (Å²) in [5, 5.41) is -0.221. The number of alkyl halides is 1. The molecule has 0 saturated carbocycles. The van der Waals surface area contributed by atoms with Gasteiger partial charge in [0.1, 0.15) is 5.82 Å². The number of benzene rings is 2. The summed E-state index contributed by atoms with van der Waals surface area (Å²) in [6, 6.07) is 14.3. The Hall–Kier alpha value is -1.34. The van der Waals surface area contributed by atoms with Crippen LogP contribution >= 0.6 is 11.6 Å². The Morgan fingerprint density at radius 2 is 1.31 bits per heavy atom. The minimum absolute atomic E-state index is 0.221. The van der Waals surface area contributed by atoms with Gasteiger partial charge in [0.15, 0.2) is 0 Å². The van der Waals surface area contributed by atoms with Gasteiger partial charge in [0.2, 0.25) is 0 Å². The summed E-state index contributed by atoms with van der Waals surface area (Å²) >= 11 is 6.31. The summed E-state index contributed by atoms with van der Waals surface area (Å²) in [4.78, 5) is 0.